The first-order chi connectivity index (χ1) is 13.5. The molecule has 0 radical (unpaired) electrons. The smallest absolute Gasteiger partial charge is 0.332 e. The molecule has 0 aromatic heterocycles. The van der Waals surface area contributed by atoms with E-state index in [1.807, 2.05) is 32.6 Å². The molecule has 0 heterocycles. The molecule has 29 heavy (non-hydrogen) atoms. The Morgan fingerprint density at radius 3 is 2.00 bits per heavy atom. The van der Waals surface area contributed by atoms with Crippen LogP contribution in [-0.4, -0.2) is 87.4 Å². The number of esters is 2. The van der Waals surface area contributed by atoms with Gasteiger partial charge in [-0.15, -0.1) is 0 Å². The van der Waals surface area contributed by atoms with E-state index in [-0.39, 0.29) is 31.5 Å². The Hall–Kier alpha value is -1.55. The molecule has 0 saturated carbocycles. The molecule has 9 heteroatoms. The summed E-state index contributed by atoms with van der Waals surface area (Å²) >= 11 is 0. The number of ketones is 1. The second-order valence-corrected chi connectivity index (χ2v) is 7.44. The van der Waals surface area contributed by atoms with Gasteiger partial charge in [0.15, 0.2) is 0 Å². The minimum absolute atomic E-state index is 0.119. The van der Waals surface area contributed by atoms with Crippen LogP contribution in [-0.2, 0) is 33.3 Å². The van der Waals surface area contributed by atoms with Crippen LogP contribution in [0.15, 0.2) is 0 Å². The first kappa shape index (κ1) is 29.6. The molecule has 0 rings (SSSR count). The second-order valence-electron chi connectivity index (χ2n) is 7.44. The van der Waals surface area contributed by atoms with Crippen molar-refractivity contribution in [2.75, 3.05) is 59.2 Å². The summed E-state index contributed by atoms with van der Waals surface area (Å²) in [6.07, 6.45) is 0.892. The summed E-state index contributed by atoms with van der Waals surface area (Å²) in [6.45, 7) is 13.7. The van der Waals surface area contributed by atoms with Crippen molar-refractivity contribution in [3.05, 3.63) is 0 Å². The van der Waals surface area contributed by atoms with Crippen molar-refractivity contribution in [3.8, 4) is 0 Å². The Bertz CT molecular complexity index is 447. The first-order valence-electron chi connectivity index (χ1n) is 9.94. The first-order valence-corrected chi connectivity index (χ1v) is 9.94. The lowest BCUT2D eigenvalue weighted by Crippen LogP contribution is -2.37. The maximum Gasteiger partial charge on any atom is 0.332 e. The highest BCUT2D eigenvalue weighted by atomic mass is 16.6. The number of ether oxygens (including phenoxy) is 4. The molecular formula is C20H40N2O7. The second kappa shape index (κ2) is 18.5. The Balaban J connectivity index is 0. The largest absolute Gasteiger partial charge is 0.463 e. The van der Waals surface area contributed by atoms with Crippen molar-refractivity contribution in [3.63, 3.8) is 0 Å². The van der Waals surface area contributed by atoms with Gasteiger partial charge in [-0.1, -0.05) is 6.92 Å². The Morgan fingerprint density at radius 2 is 1.48 bits per heavy atom. The lowest BCUT2D eigenvalue weighted by Gasteiger charge is -2.24. The quantitative estimate of drug-likeness (QED) is 0.326. The van der Waals surface area contributed by atoms with Crippen LogP contribution < -0.4 is 5.73 Å². The minimum Gasteiger partial charge on any atom is -0.463 e. The summed E-state index contributed by atoms with van der Waals surface area (Å²) < 4.78 is 20.7. The van der Waals surface area contributed by atoms with Crippen molar-refractivity contribution in [2.24, 2.45) is 5.73 Å². The minimum atomic E-state index is -0.507. The van der Waals surface area contributed by atoms with Crippen molar-refractivity contribution < 1.29 is 33.3 Å². The molecule has 172 valence electrons. The van der Waals surface area contributed by atoms with Gasteiger partial charge in [0.05, 0.1) is 26.4 Å². The van der Waals surface area contributed by atoms with Crippen LogP contribution in [0.25, 0.3) is 0 Å². The lowest BCUT2D eigenvalue weighted by atomic mass is 10.2. The zero-order chi connectivity index (χ0) is 22.7. The van der Waals surface area contributed by atoms with Crippen LogP contribution in [0, 0.1) is 0 Å². The molecule has 0 aliphatic heterocycles. The summed E-state index contributed by atoms with van der Waals surface area (Å²) in [4.78, 5) is 34.8. The molecule has 0 aromatic carbocycles. The van der Waals surface area contributed by atoms with Gasteiger partial charge in [0.25, 0.3) is 0 Å². The van der Waals surface area contributed by atoms with Crippen molar-refractivity contribution in [1.82, 2.24) is 4.90 Å². The van der Waals surface area contributed by atoms with Crippen molar-refractivity contribution in [1.29, 1.82) is 0 Å². The highest BCUT2D eigenvalue weighted by Gasteiger charge is 2.19. The predicted octanol–water partition coefficient (Wildman–Crippen LogP) is 1.17. The molecular weight excluding hydrogens is 380 g/mol. The fourth-order valence-corrected chi connectivity index (χ4v) is 1.93. The highest BCUT2D eigenvalue weighted by molar-refractivity contribution is 5.72. The van der Waals surface area contributed by atoms with Crippen LogP contribution in [0.5, 0.6) is 0 Å². The van der Waals surface area contributed by atoms with Crippen LogP contribution in [0.3, 0.4) is 0 Å². The van der Waals surface area contributed by atoms with E-state index in [0.29, 0.717) is 32.9 Å². The zero-order valence-corrected chi connectivity index (χ0v) is 19.0. The molecule has 0 bridgehead atoms. The number of nitrogens with zero attached hydrogens (tertiary/aromatic N) is 1. The molecule has 0 atom stereocenters. The molecule has 0 fully saturated rings. The number of hydrogen-bond acceptors (Lipinski definition) is 9. The fourth-order valence-electron chi connectivity index (χ4n) is 1.93. The van der Waals surface area contributed by atoms with Crippen LogP contribution in [0.1, 0.15) is 48.0 Å². The fraction of sp³-hybridized carbons (Fsp3) is 0.850. The van der Waals surface area contributed by atoms with E-state index in [0.717, 1.165) is 13.0 Å². The SMILES string of the molecule is CC(C)=O.CCCN(CCOC(=O)COCCOCCN)CC(=O)OC(C)(C)C. The summed E-state index contributed by atoms with van der Waals surface area (Å²) in [5.74, 6) is -0.555. The molecule has 0 amide bonds. The molecule has 0 aliphatic carbocycles. The van der Waals surface area contributed by atoms with Crippen LogP contribution >= 0.6 is 0 Å². The molecule has 2 N–H and O–H groups in total. The van der Waals surface area contributed by atoms with Gasteiger partial charge in [-0.3, -0.25) is 9.69 Å². The molecule has 9 nitrogen and oxygen atoms in total. The van der Waals surface area contributed by atoms with Gasteiger partial charge in [0, 0.05) is 13.1 Å². The van der Waals surface area contributed by atoms with Crippen molar-refractivity contribution in [2.45, 2.75) is 53.6 Å². The average molecular weight is 421 g/mol. The van der Waals surface area contributed by atoms with Gasteiger partial charge >= 0.3 is 11.9 Å². The third-order valence-electron chi connectivity index (χ3n) is 2.84. The van der Waals surface area contributed by atoms with E-state index < -0.39 is 11.6 Å². The standard InChI is InChI=1S/C17H34N2O6.C3H6O/c1-5-7-19(13-15(20)25-17(2,3)4)8-10-24-16(21)14-23-12-11-22-9-6-18;1-3(2)4/h5-14,18H2,1-4H3;1-2H3. The highest BCUT2D eigenvalue weighted by Crippen LogP contribution is 2.07. The molecule has 0 aliphatic rings. The lowest BCUT2D eigenvalue weighted by molar-refractivity contribution is -0.156. The summed E-state index contributed by atoms with van der Waals surface area (Å²) in [5, 5.41) is 0. The summed E-state index contributed by atoms with van der Waals surface area (Å²) in [6, 6.07) is 0. The van der Waals surface area contributed by atoms with E-state index in [1.54, 1.807) is 0 Å². The van der Waals surface area contributed by atoms with Crippen molar-refractivity contribution >= 4 is 17.7 Å². The zero-order valence-electron chi connectivity index (χ0n) is 19.0. The average Bonchev–Trinajstić information content (AvgIpc) is 2.56. The normalized spacial score (nSPS) is 10.9. The predicted molar refractivity (Wildman–Crippen MR) is 111 cm³/mol. The Morgan fingerprint density at radius 1 is 0.897 bits per heavy atom. The molecule has 0 saturated heterocycles. The van der Waals surface area contributed by atoms with E-state index in [2.05, 4.69) is 0 Å². The molecule has 0 aromatic rings. The Labute approximate surface area is 175 Å². The van der Waals surface area contributed by atoms with Gasteiger partial charge in [-0.05, 0) is 47.6 Å². The number of carbonyl (C=O) groups is 3. The van der Waals surface area contributed by atoms with E-state index in [4.69, 9.17) is 24.7 Å². The number of hydrogen-bond donors (Lipinski definition) is 1. The summed E-state index contributed by atoms with van der Waals surface area (Å²) in [7, 11) is 0. The third-order valence-corrected chi connectivity index (χ3v) is 2.84. The molecule has 0 spiro atoms. The third kappa shape index (κ3) is 26.4. The van der Waals surface area contributed by atoms with Gasteiger partial charge in [0.1, 0.15) is 24.6 Å². The number of Topliss-reactive ketones (excluding diaryl/α,β-unsaturated/α-hetero) is 1. The number of nitrogens with two attached hydrogens (primary N) is 1. The van der Waals surface area contributed by atoms with E-state index in [1.165, 1.54) is 13.8 Å². The van der Waals surface area contributed by atoms with E-state index >= 15 is 0 Å². The number of carbonyl (C=O) groups excluding carboxylic acids is 3. The maximum atomic E-state index is 11.9. The van der Waals surface area contributed by atoms with Crippen LogP contribution in [0.4, 0.5) is 0 Å². The Kier molecular flexibility index (Phi) is 18.9. The topological polar surface area (TPSA) is 117 Å². The van der Waals surface area contributed by atoms with E-state index in [9.17, 15) is 14.4 Å². The monoisotopic (exact) mass is 420 g/mol. The maximum absolute atomic E-state index is 11.9. The van der Waals surface area contributed by atoms with Gasteiger partial charge in [0.2, 0.25) is 0 Å². The van der Waals surface area contributed by atoms with Gasteiger partial charge < -0.3 is 29.5 Å². The number of rotatable bonds is 14. The van der Waals surface area contributed by atoms with Gasteiger partial charge in [-0.2, -0.15) is 0 Å². The van der Waals surface area contributed by atoms with Crippen LogP contribution in [0.2, 0.25) is 0 Å². The summed E-state index contributed by atoms with van der Waals surface area (Å²) in [5.41, 5.74) is 4.77. The molecule has 0 unspecified atom stereocenters. The van der Waals surface area contributed by atoms with Gasteiger partial charge in [-0.25, -0.2) is 4.79 Å².